The topological polar surface area (TPSA) is 29.5 Å². The van der Waals surface area contributed by atoms with Crippen LogP contribution in [0.5, 0.6) is 0 Å². The Morgan fingerprint density at radius 1 is 1.13 bits per heavy atom. The van der Waals surface area contributed by atoms with Gasteiger partial charge in [0.25, 0.3) is 0 Å². The summed E-state index contributed by atoms with van der Waals surface area (Å²) in [6, 6.07) is 0. The quantitative estimate of drug-likeness (QED) is 0.593. The van der Waals surface area contributed by atoms with E-state index >= 15 is 0 Å². The molecule has 0 bridgehead atoms. The lowest BCUT2D eigenvalue weighted by atomic mass is 10.1. The Bertz CT molecular complexity index is 219. The van der Waals surface area contributed by atoms with Crippen molar-refractivity contribution in [1.82, 2.24) is 0 Å². The first-order valence-corrected chi connectivity index (χ1v) is 8.40. The molecule has 15 heavy (non-hydrogen) atoms. The molecule has 0 aromatic heterocycles. The standard InChI is InChI=1S/C12H26O2Si/c1-11(2,3)15(6,7)14-10-8-9-12(4,5)13/h8-9,13H,10H2,1-7H3/b9-8+. The Labute approximate surface area is 95.5 Å². The molecular formula is C12H26O2Si. The van der Waals surface area contributed by atoms with Crippen molar-refractivity contribution in [3.8, 4) is 0 Å². The first kappa shape index (κ1) is 14.9. The fourth-order valence-corrected chi connectivity index (χ4v) is 1.76. The first-order valence-electron chi connectivity index (χ1n) is 5.50. The van der Waals surface area contributed by atoms with Gasteiger partial charge in [0.15, 0.2) is 8.32 Å². The van der Waals surface area contributed by atoms with Crippen molar-refractivity contribution >= 4 is 8.32 Å². The minimum atomic E-state index is -1.63. The van der Waals surface area contributed by atoms with Gasteiger partial charge >= 0.3 is 0 Å². The van der Waals surface area contributed by atoms with Gasteiger partial charge in [0, 0.05) is 0 Å². The molecule has 3 heteroatoms. The molecule has 0 radical (unpaired) electrons. The van der Waals surface area contributed by atoms with E-state index in [1.165, 1.54) is 0 Å². The van der Waals surface area contributed by atoms with Crippen LogP contribution in [-0.4, -0.2) is 25.6 Å². The summed E-state index contributed by atoms with van der Waals surface area (Å²) in [6.45, 7) is 15.2. The van der Waals surface area contributed by atoms with E-state index < -0.39 is 13.9 Å². The summed E-state index contributed by atoms with van der Waals surface area (Å²) in [5.74, 6) is 0. The molecule has 0 aromatic carbocycles. The van der Waals surface area contributed by atoms with Gasteiger partial charge in [0.1, 0.15) is 0 Å². The Kier molecular flexibility index (Phi) is 4.77. The van der Waals surface area contributed by atoms with E-state index in [4.69, 9.17) is 4.43 Å². The van der Waals surface area contributed by atoms with Crippen LogP contribution in [0.15, 0.2) is 12.2 Å². The van der Waals surface area contributed by atoms with Gasteiger partial charge in [-0.3, -0.25) is 0 Å². The molecule has 0 aliphatic carbocycles. The second-order valence-corrected chi connectivity index (χ2v) is 10.9. The molecule has 0 aromatic rings. The van der Waals surface area contributed by atoms with Crippen molar-refractivity contribution in [2.75, 3.05) is 6.61 Å². The van der Waals surface area contributed by atoms with Gasteiger partial charge in [-0.2, -0.15) is 0 Å². The van der Waals surface area contributed by atoms with E-state index in [0.29, 0.717) is 6.61 Å². The lowest BCUT2D eigenvalue weighted by Gasteiger charge is -2.35. The third-order valence-corrected chi connectivity index (χ3v) is 7.37. The molecule has 1 N–H and O–H groups in total. The van der Waals surface area contributed by atoms with Gasteiger partial charge < -0.3 is 9.53 Å². The average molecular weight is 230 g/mol. The Balaban J connectivity index is 4.13. The van der Waals surface area contributed by atoms with Crippen molar-refractivity contribution < 1.29 is 9.53 Å². The minimum absolute atomic E-state index is 0.246. The second-order valence-electron chi connectivity index (χ2n) is 6.13. The zero-order valence-corrected chi connectivity index (χ0v) is 12.2. The van der Waals surface area contributed by atoms with Gasteiger partial charge in [-0.05, 0) is 32.0 Å². The third-order valence-electron chi connectivity index (χ3n) is 2.87. The summed E-state index contributed by atoms with van der Waals surface area (Å²) < 4.78 is 5.93. The maximum Gasteiger partial charge on any atom is 0.192 e. The van der Waals surface area contributed by atoms with E-state index in [9.17, 15) is 5.11 Å². The highest BCUT2D eigenvalue weighted by Crippen LogP contribution is 2.36. The highest BCUT2D eigenvalue weighted by Gasteiger charge is 2.36. The molecule has 0 aliphatic heterocycles. The van der Waals surface area contributed by atoms with Crippen molar-refractivity contribution in [2.45, 2.75) is 58.4 Å². The maximum atomic E-state index is 9.48. The molecule has 0 amide bonds. The summed E-state index contributed by atoms with van der Waals surface area (Å²) in [7, 11) is -1.63. The molecule has 0 saturated carbocycles. The largest absolute Gasteiger partial charge is 0.413 e. The summed E-state index contributed by atoms with van der Waals surface area (Å²) in [4.78, 5) is 0. The molecular weight excluding hydrogens is 204 g/mol. The molecule has 0 atom stereocenters. The monoisotopic (exact) mass is 230 g/mol. The first-order chi connectivity index (χ1) is 6.46. The number of aliphatic hydroxyl groups is 1. The summed E-state index contributed by atoms with van der Waals surface area (Å²) in [5.41, 5.74) is -0.739. The normalized spacial score (nSPS) is 14.9. The minimum Gasteiger partial charge on any atom is -0.413 e. The Morgan fingerprint density at radius 3 is 1.93 bits per heavy atom. The zero-order valence-electron chi connectivity index (χ0n) is 11.2. The van der Waals surface area contributed by atoms with Crippen LogP contribution < -0.4 is 0 Å². The van der Waals surface area contributed by atoms with Crippen LogP contribution >= 0.6 is 0 Å². The van der Waals surface area contributed by atoms with Crippen LogP contribution in [0.4, 0.5) is 0 Å². The number of rotatable bonds is 4. The van der Waals surface area contributed by atoms with Crippen molar-refractivity contribution in [1.29, 1.82) is 0 Å². The van der Waals surface area contributed by atoms with E-state index in [0.717, 1.165) is 0 Å². The Morgan fingerprint density at radius 2 is 1.60 bits per heavy atom. The van der Waals surface area contributed by atoms with Gasteiger partial charge in [-0.25, -0.2) is 0 Å². The number of hydrogen-bond donors (Lipinski definition) is 1. The van der Waals surface area contributed by atoms with Crippen LogP contribution in [0.3, 0.4) is 0 Å². The highest BCUT2D eigenvalue weighted by atomic mass is 28.4. The molecule has 0 spiro atoms. The van der Waals surface area contributed by atoms with Crippen LogP contribution in [0.2, 0.25) is 18.1 Å². The average Bonchev–Trinajstić information content (AvgIpc) is 1.94. The van der Waals surface area contributed by atoms with Crippen molar-refractivity contribution in [2.24, 2.45) is 0 Å². The third kappa shape index (κ3) is 6.13. The van der Waals surface area contributed by atoms with E-state index in [1.54, 1.807) is 19.9 Å². The van der Waals surface area contributed by atoms with Gasteiger partial charge in [-0.1, -0.05) is 32.9 Å². The van der Waals surface area contributed by atoms with Gasteiger partial charge in [0.05, 0.1) is 12.2 Å². The molecule has 0 saturated heterocycles. The van der Waals surface area contributed by atoms with E-state index in [2.05, 4.69) is 33.9 Å². The van der Waals surface area contributed by atoms with Gasteiger partial charge in [0.2, 0.25) is 0 Å². The molecule has 0 rings (SSSR count). The molecule has 2 nitrogen and oxygen atoms in total. The Hall–Kier alpha value is -0.123. The van der Waals surface area contributed by atoms with Crippen molar-refractivity contribution in [3.05, 3.63) is 12.2 Å². The lowest BCUT2D eigenvalue weighted by Crippen LogP contribution is -2.40. The number of hydrogen-bond acceptors (Lipinski definition) is 2. The fraction of sp³-hybridized carbons (Fsp3) is 0.833. The van der Waals surface area contributed by atoms with E-state index in [-0.39, 0.29) is 5.04 Å². The molecule has 0 fully saturated rings. The lowest BCUT2D eigenvalue weighted by molar-refractivity contribution is 0.132. The summed E-state index contributed by atoms with van der Waals surface area (Å²) in [5, 5.41) is 9.72. The van der Waals surface area contributed by atoms with Crippen LogP contribution in [0.25, 0.3) is 0 Å². The molecule has 90 valence electrons. The highest BCUT2D eigenvalue weighted by molar-refractivity contribution is 6.74. The maximum absolute atomic E-state index is 9.48. The SMILES string of the molecule is CC(C)(O)/C=C/CO[Si](C)(C)C(C)(C)C. The second kappa shape index (κ2) is 4.81. The molecule has 0 heterocycles. The fourth-order valence-electron chi connectivity index (χ4n) is 0.809. The summed E-state index contributed by atoms with van der Waals surface area (Å²) >= 11 is 0. The van der Waals surface area contributed by atoms with Crippen molar-refractivity contribution in [3.63, 3.8) is 0 Å². The summed E-state index contributed by atoms with van der Waals surface area (Å²) in [6.07, 6.45) is 3.68. The van der Waals surface area contributed by atoms with Gasteiger partial charge in [-0.15, -0.1) is 0 Å². The van der Waals surface area contributed by atoms with Crippen LogP contribution in [-0.2, 0) is 4.43 Å². The van der Waals surface area contributed by atoms with Crippen LogP contribution in [0, 0.1) is 0 Å². The molecule has 0 unspecified atom stereocenters. The zero-order chi connectivity index (χ0) is 12.3. The predicted octanol–water partition coefficient (Wildman–Crippen LogP) is 3.34. The van der Waals surface area contributed by atoms with E-state index in [1.807, 2.05) is 6.08 Å². The predicted molar refractivity (Wildman–Crippen MR) is 68.6 cm³/mol. The smallest absolute Gasteiger partial charge is 0.192 e. The molecule has 0 aliphatic rings. The van der Waals surface area contributed by atoms with Crippen LogP contribution in [0.1, 0.15) is 34.6 Å².